The molecular weight excluding hydrogens is 357 g/mol. The number of ether oxygens (including phenoxy) is 2. The quantitative estimate of drug-likeness (QED) is 0.602. The third-order valence-electron chi connectivity index (χ3n) is 2.68. The number of hydrogen-bond donors (Lipinski definition) is 0. The Morgan fingerprint density at radius 1 is 1.21 bits per heavy atom. The summed E-state index contributed by atoms with van der Waals surface area (Å²) in [6, 6.07) is 11.3. The molecule has 94 valence electrons. The summed E-state index contributed by atoms with van der Waals surface area (Å²) in [5.41, 5.74) is 1.29. The van der Waals surface area contributed by atoms with Crippen LogP contribution >= 0.6 is 22.6 Å². The first-order chi connectivity index (χ1) is 9.26. The number of halogens is 1. The molecule has 3 rings (SSSR count). The second kappa shape index (κ2) is 4.97. The van der Waals surface area contributed by atoms with Gasteiger partial charge in [-0.05, 0) is 64.6 Å². The van der Waals surface area contributed by atoms with Crippen LogP contribution in [0.15, 0.2) is 34.7 Å². The molecule has 0 atom stereocenters. The highest BCUT2D eigenvalue weighted by atomic mass is 127. The molecule has 1 aromatic heterocycles. The SMILES string of the molecule is N#C/C(=C/c1ccc(I)o1)c1ccc2c(c1)OCO2. The van der Waals surface area contributed by atoms with Crippen LogP contribution in [0, 0.1) is 15.1 Å². The van der Waals surface area contributed by atoms with Crippen molar-refractivity contribution >= 4 is 34.2 Å². The van der Waals surface area contributed by atoms with Crippen LogP contribution in [0.2, 0.25) is 0 Å². The van der Waals surface area contributed by atoms with E-state index in [9.17, 15) is 5.26 Å². The largest absolute Gasteiger partial charge is 0.454 e. The van der Waals surface area contributed by atoms with E-state index in [4.69, 9.17) is 13.9 Å². The Hall–Kier alpha value is -1.94. The Kier molecular flexibility index (Phi) is 3.17. The molecule has 1 aliphatic rings. The molecule has 0 spiro atoms. The van der Waals surface area contributed by atoms with E-state index in [1.54, 1.807) is 18.2 Å². The second-order valence-corrected chi connectivity index (χ2v) is 4.94. The molecule has 19 heavy (non-hydrogen) atoms. The van der Waals surface area contributed by atoms with Crippen molar-refractivity contribution in [2.24, 2.45) is 0 Å². The molecule has 0 saturated heterocycles. The lowest BCUT2D eigenvalue weighted by molar-refractivity contribution is 0.174. The number of furan rings is 1. The summed E-state index contributed by atoms with van der Waals surface area (Å²) < 4.78 is 16.8. The van der Waals surface area contributed by atoms with Crippen molar-refractivity contribution < 1.29 is 13.9 Å². The van der Waals surface area contributed by atoms with Crippen LogP contribution in [0.5, 0.6) is 11.5 Å². The fourth-order valence-corrected chi connectivity index (χ4v) is 2.23. The van der Waals surface area contributed by atoms with E-state index in [2.05, 4.69) is 28.7 Å². The highest BCUT2D eigenvalue weighted by molar-refractivity contribution is 14.1. The van der Waals surface area contributed by atoms with Crippen molar-refractivity contribution in [2.45, 2.75) is 0 Å². The van der Waals surface area contributed by atoms with Gasteiger partial charge in [-0.3, -0.25) is 0 Å². The maximum atomic E-state index is 9.26. The Bertz CT molecular complexity index is 697. The van der Waals surface area contributed by atoms with Crippen LogP contribution in [-0.2, 0) is 0 Å². The van der Waals surface area contributed by atoms with Gasteiger partial charge in [0, 0.05) is 0 Å². The van der Waals surface area contributed by atoms with Crippen LogP contribution in [0.4, 0.5) is 0 Å². The topological polar surface area (TPSA) is 55.4 Å². The van der Waals surface area contributed by atoms with Crippen LogP contribution in [0.25, 0.3) is 11.6 Å². The first-order valence-corrected chi connectivity index (χ1v) is 6.61. The summed E-state index contributed by atoms with van der Waals surface area (Å²) in [5.74, 6) is 2.01. The first-order valence-electron chi connectivity index (χ1n) is 5.53. The van der Waals surface area contributed by atoms with Crippen molar-refractivity contribution in [3.05, 3.63) is 45.4 Å². The van der Waals surface area contributed by atoms with Gasteiger partial charge in [0.1, 0.15) is 5.76 Å². The molecule has 0 bridgehead atoms. The molecular formula is C14H8INO3. The van der Waals surface area contributed by atoms with E-state index in [0.29, 0.717) is 22.8 Å². The van der Waals surface area contributed by atoms with Crippen LogP contribution in [-0.4, -0.2) is 6.79 Å². The van der Waals surface area contributed by atoms with Gasteiger partial charge in [-0.2, -0.15) is 5.26 Å². The van der Waals surface area contributed by atoms with E-state index in [1.165, 1.54) is 0 Å². The molecule has 0 N–H and O–H groups in total. The fourth-order valence-electron chi connectivity index (χ4n) is 1.79. The zero-order chi connectivity index (χ0) is 13.2. The van der Waals surface area contributed by atoms with Gasteiger partial charge >= 0.3 is 0 Å². The van der Waals surface area contributed by atoms with Crippen molar-refractivity contribution in [3.8, 4) is 17.6 Å². The number of fused-ring (bicyclic) bond motifs is 1. The maximum absolute atomic E-state index is 9.26. The lowest BCUT2D eigenvalue weighted by atomic mass is 10.1. The van der Waals surface area contributed by atoms with Gasteiger partial charge in [0.05, 0.1) is 11.6 Å². The molecule has 0 fully saturated rings. The molecule has 0 amide bonds. The summed E-state index contributed by atoms with van der Waals surface area (Å²) in [4.78, 5) is 0. The van der Waals surface area contributed by atoms with Crippen molar-refractivity contribution in [1.29, 1.82) is 5.26 Å². The maximum Gasteiger partial charge on any atom is 0.231 e. The molecule has 1 aromatic carbocycles. The van der Waals surface area contributed by atoms with Crippen LogP contribution in [0.3, 0.4) is 0 Å². The van der Waals surface area contributed by atoms with Gasteiger partial charge in [-0.25, -0.2) is 0 Å². The second-order valence-electron chi connectivity index (χ2n) is 3.88. The molecule has 4 nitrogen and oxygen atoms in total. The molecule has 0 aliphatic carbocycles. The first kappa shape index (κ1) is 12.1. The molecule has 0 unspecified atom stereocenters. The summed E-state index contributed by atoms with van der Waals surface area (Å²) in [6.07, 6.45) is 1.71. The van der Waals surface area contributed by atoms with Gasteiger partial charge in [0.25, 0.3) is 0 Å². The van der Waals surface area contributed by atoms with E-state index < -0.39 is 0 Å². The van der Waals surface area contributed by atoms with E-state index in [0.717, 1.165) is 9.33 Å². The number of rotatable bonds is 2. The zero-order valence-corrected chi connectivity index (χ0v) is 11.9. The minimum atomic E-state index is 0.223. The van der Waals surface area contributed by atoms with E-state index in [1.807, 2.05) is 18.2 Å². The lowest BCUT2D eigenvalue weighted by Crippen LogP contribution is -1.92. The molecule has 5 heteroatoms. The Balaban J connectivity index is 1.99. The lowest BCUT2D eigenvalue weighted by Gasteiger charge is -2.01. The summed E-state index contributed by atoms with van der Waals surface area (Å²) in [6.45, 7) is 0.223. The minimum Gasteiger partial charge on any atom is -0.454 e. The van der Waals surface area contributed by atoms with Crippen molar-refractivity contribution in [1.82, 2.24) is 0 Å². The fraction of sp³-hybridized carbons (Fsp3) is 0.0714. The normalized spacial score (nSPS) is 13.4. The number of benzene rings is 1. The molecule has 2 aromatic rings. The van der Waals surface area contributed by atoms with E-state index in [-0.39, 0.29) is 6.79 Å². The predicted molar refractivity (Wildman–Crippen MR) is 77.5 cm³/mol. The van der Waals surface area contributed by atoms with Crippen molar-refractivity contribution in [2.75, 3.05) is 6.79 Å². The standard InChI is InChI=1S/C14H8INO3/c15-14-4-2-11(19-14)5-10(7-16)9-1-3-12-13(6-9)18-8-17-12/h1-6H,8H2/b10-5-. The summed E-state index contributed by atoms with van der Waals surface area (Å²) in [7, 11) is 0. The van der Waals surface area contributed by atoms with Gasteiger partial charge < -0.3 is 13.9 Å². The highest BCUT2D eigenvalue weighted by Crippen LogP contribution is 2.34. The van der Waals surface area contributed by atoms with Gasteiger partial charge in [0.15, 0.2) is 15.3 Å². The Labute approximate surface area is 123 Å². The minimum absolute atomic E-state index is 0.223. The van der Waals surface area contributed by atoms with Gasteiger partial charge in [-0.1, -0.05) is 0 Å². The third kappa shape index (κ3) is 2.44. The third-order valence-corrected chi connectivity index (χ3v) is 3.26. The predicted octanol–water partition coefficient (Wildman–Crippen LogP) is 3.68. The van der Waals surface area contributed by atoms with Gasteiger partial charge in [0.2, 0.25) is 6.79 Å². The monoisotopic (exact) mass is 365 g/mol. The summed E-state index contributed by atoms with van der Waals surface area (Å²) >= 11 is 2.08. The number of allylic oxidation sites excluding steroid dienone is 1. The average molecular weight is 365 g/mol. The zero-order valence-electron chi connectivity index (χ0n) is 9.72. The summed E-state index contributed by atoms with van der Waals surface area (Å²) in [5, 5.41) is 9.26. The average Bonchev–Trinajstić information content (AvgIpc) is 3.03. The Morgan fingerprint density at radius 2 is 2.05 bits per heavy atom. The number of hydrogen-bond acceptors (Lipinski definition) is 4. The number of nitrogens with zero attached hydrogens (tertiary/aromatic N) is 1. The molecule has 1 aliphatic heterocycles. The van der Waals surface area contributed by atoms with Crippen LogP contribution < -0.4 is 9.47 Å². The molecule has 0 radical (unpaired) electrons. The Morgan fingerprint density at radius 3 is 2.79 bits per heavy atom. The number of nitriles is 1. The smallest absolute Gasteiger partial charge is 0.231 e. The van der Waals surface area contributed by atoms with Crippen LogP contribution in [0.1, 0.15) is 11.3 Å². The molecule has 2 heterocycles. The van der Waals surface area contributed by atoms with Crippen molar-refractivity contribution in [3.63, 3.8) is 0 Å². The molecule has 0 saturated carbocycles. The van der Waals surface area contributed by atoms with Gasteiger partial charge in [-0.15, -0.1) is 0 Å². The van der Waals surface area contributed by atoms with E-state index >= 15 is 0 Å². The highest BCUT2D eigenvalue weighted by Gasteiger charge is 2.14.